The van der Waals surface area contributed by atoms with Crippen LogP contribution in [0.3, 0.4) is 0 Å². The number of anilines is 2. The van der Waals surface area contributed by atoms with Crippen LogP contribution in [0.15, 0.2) is 36.7 Å². The van der Waals surface area contributed by atoms with E-state index in [2.05, 4.69) is 20.6 Å². The highest BCUT2D eigenvalue weighted by molar-refractivity contribution is 6.31. The SMILES string of the molecule is Fc1ccc(Nc2ncnc3cc(OC4CCCC4)c(OCC4CCCN4)cc23)cc1Cl. The maximum atomic E-state index is 13.5. The quantitative estimate of drug-likeness (QED) is 0.481. The van der Waals surface area contributed by atoms with E-state index in [1.807, 2.05) is 12.1 Å². The first-order valence-corrected chi connectivity index (χ1v) is 11.6. The first-order valence-electron chi connectivity index (χ1n) is 11.2. The van der Waals surface area contributed by atoms with Crippen molar-refractivity contribution in [3.8, 4) is 11.5 Å². The van der Waals surface area contributed by atoms with Crippen molar-refractivity contribution in [1.82, 2.24) is 15.3 Å². The van der Waals surface area contributed by atoms with Crippen LogP contribution in [0, 0.1) is 5.82 Å². The van der Waals surface area contributed by atoms with Crippen molar-refractivity contribution >= 4 is 34.0 Å². The second-order valence-electron chi connectivity index (χ2n) is 8.42. The molecule has 168 valence electrons. The van der Waals surface area contributed by atoms with Crippen LogP contribution in [0.5, 0.6) is 11.5 Å². The molecule has 0 spiro atoms. The fraction of sp³-hybridized carbons (Fsp3) is 0.417. The van der Waals surface area contributed by atoms with Crippen LogP contribution in [0.4, 0.5) is 15.9 Å². The van der Waals surface area contributed by atoms with Gasteiger partial charge in [0.1, 0.15) is 24.6 Å². The zero-order valence-electron chi connectivity index (χ0n) is 17.7. The van der Waals surface area contributed by atoms with E-state index in [0.29, 0.717) is 29.9 Å². The van der Waals surface area contributed by atoms with Gasteiger partial charge >= 0.3 is 0 Å². The first-order chi connectivity index (χ1) is 15.7. The number of hydrogen-bond donors (Lipinski definition) is 2. The molecule has 6 nitrogen and oxygen atoms in total. The minimum atomic E-state index is -0.463. The molecule has 8 heteroatoms. The van der Waals surface area contributed by atoms with Crippen LogP contribution >= 0.6 is 11.6 Å². The molecule has 2 fully saturated rings. The summed E-state index contributed by atoms with van der Waals surface area (Å²) in [5, 5.41) is 7.53. The number of ether oxygens (including phenoxy) is 2. The average Bonchev–Trinajstić information content (AvgIpc) is 3.49. The van der Waals surface area contributed by atoms with Gasteiger partial charge in [0.05, 0.1) is 16.6 Å². The number of aromatic nitrogens is 2. The molecule has 2 aromatic carbocycles. The number of hydrogen-bond acceptors (Lipinski definition) is 6. The van der Waals surface area contributed by atoms with Crippen LogP contribution in [-0.2, 0) is 0 Å². The summed E-state index contributed by atoms with van der Waals surface area (Å²) >= 11 is 5.94. The molecule has 0 bridgehead atoms. The van der Waals surface area contributed by atoms with Gasteiger partial charge in [-0.25, -0.2) is 14.4 Å². The van der Waals surface area contributed by atoms with Gasteiger partial charge < -0.3 is 20.1 Å². The number of nitrogens with zero attached hydrogens (tertiary/aromatic N) is 2. The molecule has 32 heavy (non-hydrogen) atoms. The topological polar surface area (TPSA) is 68.3 Å². The lowest BCUT2D eigenvalue weighted by Gasteiger charge is -2.20. The van der Waals surface area contributed by atoms with E-state index >= 15 is 0 Å². The molecular weight excluding hydrogens is 431 g/mol. The number of rotatable bonds is 7. The highest BCUT2D eigenvalue weighted by Gasteiger charge is 2.21. The molecule has 2 aliphatic rings. The standard InChI is InChI=1S/C24H26ClFN4O2/c25-19-10-15(7-8-20(19)26)30-24-18-11-22(31-13-16-4-3-9-27-16)23(12-21(18)28-14-29-24)32-17-5-1-2-6-17/h7-8,10-12,14,16-17,27H,1-6,9,13H2,(H,28,29,30). The maximum absolute atomic E-state index is 13.5. The van der Waals surface area contributed by atoms with Crippen molar-refractivity contribution in [3.63, 3.8) is 0 Å². The zero-order valence-corrected chi connectivity index (χ0v) is 18.5. The normalized spacial score (nSPS) is 18.9. The Balaban J connectivity index is 1.47. The highest BCUT2D eigenvalue weighted by Crippen LogP contribution is 2.37. The van der Waals surface area contributed by atoms with Crippen molar-refractivity contribution < 1.29 is 13.9 Å². The average molecular weight is 457 g/mol. The third kappa shape index (κ3) is 4.74. The van der Waals surface area contributed by atoms with E-state index in [0.717, 1.165) is 42.5 Å². The number of nitrogens with one attached hydrogen (secondary N) is 2. The Morgan fingerprint density at radius 2 is 1.94 bits per heavy atom. The van der Waals surface area contributed by atoms with Crippen molar-refractivity contribution in [2.75, 3.05) is 18.5 Å². The Morgan fingerprint density at radius 3 is 2.72 bits per heavy atom. The summed E-state index contributed by atoms with van der Waals surface area (Å²) in [6.07, 6.45) is 8.48. The molecule has 0 radical (unpaired) electrons. The van der Waals surface area contributed by atoms with Crippen LogP contribution in [0.1, 0.15) is 38.5 Å². The lowest BCUT2D eigenvalue weighted by atomic mass is 10.2. The zero-order chi connectivity index (χ0) is 21.9. The lowest BCUT2D eigenvalue weighted by molar-refractivity contribution is 0.191. The van der Waals surface area contributed by atoms with E-state index in [1.54, 1.807) is 6.07 Å². The van der Waals surface area contributed by atoms with E-state index in [9.17, 15) is 4.39 Å². The Kier molecular flexibility index (Phi) is 6.28. The molecule has 1 atom stereocenters. The molecule has 0 amide bonds. The van der Waals surface area contributed by atoms with E-state index in [1.165, 1.54) is 37.7 Å². The number of fused-ring (bicyclic) bond motifs is 1. The Morgan fingerprint density at radius 1 is 1.06 bits per heavy atom. The van der Waals surface area contributed by atoms with Gasteiger partial charge in [-0.2, -0.15) is 0 Å². The van der Waals surface area contributed by atoms with Gasteiger partial charge in [-0.15, -0.1) is 0 Å². The molecule has 1 aromatic heterocycles. The third-order valence-corrected chi connectivity index (χ3v) is 6.37. The maximum Gasteiger partial charge on any atom is 0.163 e. The van der Waals surface area contributed by atoms with Gasteiger partial charge in [-0.05, 0) is 69.3 Å². The Bertz CT molecular complexity index is 1100. The monoisotopic (exact) mass is 456 g/mol. The van der Waals surface area contributed by atoms with Crippen LogP contribution < -0.4 is 20.1 Å². The molecule has 1 unspecified atom stereocenters. The van der Waals surface area contributed by atoms with Crippen molar-refractivity contribution in [2.45, 2.75) is 50.7 Å². The molecule has 2 N–H and O–H groups in total. The minimum absolute atomic E-state index is 0.0497. The summed E-state index contributed by atoms with van der Waals surface area (Å²) in [5.41, 5.74) is 1.38. The summed E-state index contributed by atoms with van der Waals surface area (Å²) < 4.78 is 26.1. The fourth-order valence-electron chi connectivity index (χ4n) is 4.35. The molecule has 1 saturated carbocycles. The van der Waals surface area contributed by atoms with Crippen LogP contribution in [0.2, 0.25) is 5.02 Å². The van der Waals surface area contributed by atoms with Gasteiger partial charge in [-0.3, -0.25) is 0 Å². The molecule has 3 aromatic rings. The number of benzene rings is 2. The first kappa shape index (κ1) is 21.2. The summed E-state index contributed by atoms with van der Waals surface area (Å²) in [6.45, 7) is 1.61. The highest BCUT2D eigenvalue weighted by atomic mass is 35.5. The third-order valence-electron chi connectivity index (χ3n) is 6.08. The molecular formula is C24H26ClFN4O2. The summed E-state index contributed by atoms with van der Waals surface area (Å²) in [6, 6.07) is 8.68. The van der Waals surface area contributed by atoms with Gasteiger partial charge in [0.15, 0.2) is 11.5 Å². The second kappa shape index (κ2) is 9.46. The van der Waals surface area contributed by atoms with E-state index in [-0.39, 0.29) is 11.1 Å². The fourth-order valence-corrected chi connectivity index (χ4v) is 4.53. The Hall–Kier alpha value is -2.64. The second-order valence-corrected chi connectivity index (χ2v) is 8.83. The van der Waals surface area contributed by atoms with Crippen LogP contribution in [-0.4, -0.2) is 35.3 Å². The molecule has 1 aliphatic heterocycles. The molecule has 5 rings (SSSR count). The predicted octanol–water partition coefficient (Wildman–Crippen LogP) is 5.62. The molecule has 1 saturated heterocycles. The van der Waals surface area contributed by atoms with Crippen molar-refractivity contribution in [3.05, 3.63) is 47.5 Å². The summed E-state index contributed by atoms with van der Waals surface area (Å²) in [7, 11) is 0. The summed E-state index contributed by atoms with van der Waals surface area (Å²) in [5.74, 6) is 1.54. The molecule has 1 aliphatic carbocycles. The lowest BCUT2D eigenvalue weighted by Crippen LogP contribution is -2.28. The largest absolute Gasteiger partial charge is 0.488 e. The van der Waals surface area contributed by atoms with Gasteiger partial charge in [0.2, 0.25) is 0 Å². The predicted molar refractivity (Wildman–Crippen MR) is 124 cm³/mol. The van der Waals surface area contributed by atoms with Gasteiger partial charge in [-0.1, -0.05) is 11.6 Å². The van der Waals surface area contributed by atoms with Crippen molar-refractivity contribution in [2.24, 2.45) is 0 Å². The van der Waals surface area contributed by atoms with E-state index in [4.69, 9.17) is 21.1 Å². The smallest absolute Gasteiger partial charge is 0.163 e. The van der Waals surface area contributed by atoms with E-state index < -0.39 is 5.82 Å². The minimum Gasteiger partial charge on any atom is -0.488 e. The van der Waals surface area contributed by atoms with Gasteiger partial charge in [0.25, 0.3) is 0 Å². The van der Waals surface area contributed by atoms with Crippen molar-refractivity contribution in [1.29, 1.82) is 0 Å². The summed E-state index contributed by atoms with van der Waals surface area (Å²) in [4.78, 5) is 8.84. The molecule has 2 heterocycles. The number of halogens is 2. The Labute approximate surface area is 191 Å². The van der Waals surface area contributed by atoms with Crippen LogP contribution in [0.25, 0.3) is 10.9 Å². The van der Waals surface area contributed by atoms with Gasteiger partial charge in [0, 0.05) is 23.2 Å².